The smallest absolute Gasteiger partial charge is 0.258 e. The molecule has 0 saturated carbocycles. The van der Waals surface area contributed by atoms with Gasteiger partial charge in [0.05, 0.1) is 16.1 Å². The number of nitrogens with one attached hydrogen (secondary N) is 1. The largest absolute Gasteiger partial charge is 0.436 e. The fourth-order valence-corrected chi connectivity index (χ4v) is 3.11. The highest BCUT2D eigenvalue weighted by molar-refractivity contribution is 6.35. The molecule has 0 radical (unpaired) electrons. The van der Waals surface area contributed by atoms with Crippen LogP contribution in [0, 0.1) is 0 Å². The molecule has 2 aromatic heterocycles. The Kier molecular flexibility index (Phi) is 4.74. The van der Waals surface area contributed by atoms with E-state index in [0.717, 1.165) is 0 Å². The molecule has 1 amide bonds. The highest BCUT2D eigenvalue weighted by Crippen LogP contribution is 2.32. The first-order valence-corrected chi connectivity index (χ1v) is 8.92. The second-order valence-electron chi connectivity index (χ2n) is 5.62. The van der Waals surface area contributed by atoms with Crippen LogP contribution < -0.4 is 5.32 Å². The first-order valence-electron chi connectivity index (χ1n) is 7.79. The van der Waals surface area contributed by atoms with Crippen molar-refractivity contribution in [2.45, 2.75) is 0 Å². The Balaban J connectivity index is 1.66. The van der Waals surface area contributed by atoms with E-state index in [4.69, 9.17) is 39.2 Å². The molecule has 0 bridgehead atoms. The lowest BCUT2D eigenvalue weighted by Gasteiger charge is -2.05. The molecule has 0 aliphatic carbocycles. The quantitative estimate of drug-likeness (QED) is 0.408. The van der Waals surface area contributed by atoms with Crippen molar-refractivity contribution in [2.24, 2.45) is 0 Å². The summed E-state index contributed by atoms with van der Waals surface area (Å²) in [5.41, 5.74) is 2.54. The van der Waals surface area contributed by atoms with Gasteiger partial charge in [-0.3, -0.25) is 4.79 Å². The van der Waals surface area contributed by atoms with E-state index < -0.39 is 0 Å². The molecule has 5 nitrogen and oxygen atoms in total. The van der Waals surface area contributed by atoms with E-state index in [1.807, 2.05) is 0 Å². The molecule has 0 saturated heterocycles. The van der Waals surface area contributed by atoms with Crippen molar-refractivity contribution < 1.29 is 9.21 Å². The van der Waals surface area contributed by atoms with E-state index >= 15 is 0 Å². The molecule has 2 aromatic carbocycles. The van der Waals surface area contributed by atoms with Gasteiger partial charge in [0.25, 0.3) is 5.91 Å². The summed E-state index contributed by atoms with van der Waals surface area (Å²) in [4.78, 5) is 20.7. The van der Waals surface area contributed by atoms with Gasteiger partial charge in [0.2, 0.25) is 5.89 Å². The topological polar surface area (TPSA) is 68.0 Å². The zero-order chi connectivity index (χ0) is 19.0. The summed E-state index contributed by atoms with van der Waals surface area (Å²) < 4.78 is 5.76. The number of hydrogen-bond acceptors (Lipinski definition) is 4. The van der Waals surface area contributed by atoms with E-state index in [2.05, 4.69) is 15.3 Å². The van der Waals surface area contributed by atoms with Gasteiger partial charge in [0.1, 0.15) is 10.7 Å². The Morgan fingerprint density at radius 2 is 1.89 bits per heavy atom. The summed E-state index contributed by atoms with van der Waals surface area (Å²) in [6.07, 6.45) is 1.52. The predicted octanol–water partition coefficient (Wildman–Crippen LogP) is 6.10. The number of anilines is 1. The van der Waals surface area contributed by atoms with E-state index in [9.17, 15) is 4.79 Å². The fraction of sp³-hybridized carbons (Fsp3) is 0. The lowest BCUT2D eigenvalue weighted by Crippen LogP contribution is -2.12. The number of fused-ring (bicyclic) bond motifs is 1. The molecule has 4 aromatic rings. The van der Waals surface area contributed by atoms with Gasteiger partial charge < -0.3 is 9.73 Å². The molecule has 8 heteroatoms. The molecule has 27 heavy (non-hydrogen) atoms. The fourth-order valence-electron chi connectivity index (χ4n) is 2.54. The number of rotatable bonds is 3. The number of carbonyl (C=O) groups is 1. The molecule has 0 atom stereocenters. The minimum absolute atomic E-state index is 0.135. The number of nitrogens with zero attached hydrogens (tertiary/aromatic N) is 2. The minimum Gasteiger partial charge on any atom is -0.436 e. The molecule has 0 unspecified atom stereocenters. The van der Waals surface area contributed by atoms with Crippen molar-refractivity contribution in [2.75, 3.05) is 5.32 Å². The number of oxazole rings is 1. The molecule has 0 fully saturated rings. The molecule has 0 aliphatic heterocycles. The van der Waals surface area contributed by atoms with E-state index in [-0.39, 0.29) is 16.6 Å². The van der Waals surface area contributed by atoms with Gasteiger partial charge in [-0.1, -0.05) is 34.8 Å². The summed E-state index contributed by atoms with van der Waals surface area (Å²) in [5.74, 6) is -0.0228. The van der Waals surface area contributed by atoms with Crippen LogP contribution in [0.4, 0.5) is 5.69 Å². The molecule has 0 aliphatic rings. The third kappa shape index (κ3) is 3.62. The SMILES string of the molecule is O=C(Nc1ccc2oc(-c3cc(Cl)ccc3Cl)nc2c1)c1cccnc1Cl. The molecule has 2 heterocycles. The van der Waals surface area contributed by atoms with Crippen LogP contribution in [0.15, 0.2) is 59.1 Å². The molecular formula is C19H10Cl3N3O2. The lowest BCUT2D eigenvalue weighted by molar-refractivity contribution is 0.102. The zero-order valence-corrected chi connectivity index (χ0v) is 15.8. The Morgan fingerprint density at radius 1 is 1.04 bits per heavy atom. The maximum absolute atomic E-state index is 12.4. The molecular weight excluding hydrogens is 409 g/mol. The maximum atomic E-state index is 12.4. The Labute approximate surface area is 168 Å². The number of pyridine rings is 1. The van der Waals surface area contributed by atoms with Crippen molar-refractivity contribution >= 4 is 57.5 Å². The van der Waals surface area contributed by atoms with E-state index in [1.165, 1.54) is 6.20 Å². The Bertz CT molecular complexity index is 1170. The Hall–Kier alpha value is -2.60. The van der Waals surface area contributed by atoms with E-state index in [0.29, 0.717) is 38.3 Å². The van der Waals surface area contributed by atoms with Crippen LogP contribution in [0.3, 0.4) is 0 Å². The van der Waals surface area contributed by atoms with Crippen molar-refractivity contribution in [3.63, 3.8) is 0 Å². The van der Waals surface area contributed by atoms with Crippen molar-refractivity contribution in [3.05, 3.63) is 75.5 Å². The van der Waals surface area contributed by atoms with Gasteiger partial charge in [-0.25, -0.2) is 9.97 Å². The summed E-state index contributed by atoms with van der Waals surface area (Å²) in [5, 5.41) is 3.91. The number of hydrogen-bond donors (Lipinski definition) is 1. The van der Waals surface area contributed by atoms with Crippen LogP contribution in [0.25, 0.3) is 22.6 Å². The molecule has 134 valence electrons. The highest BCUT2D eigenvalue weighted by atomic mass is 35.5. The molecule has 4 rings (SSSR count). The standard InChI is InChI=1S/C19H10Cl3N3O2/c20-10-3-5-14(21)13(8-10)19-25-15-9-11(4-6-16(15)27-19)24-18(26)12-2-1-7-23-17(12)22/h1-9H,(H,24,26). The third-order valence-electron chi connectivity index (χ3n) is 3.81. The lowest BCUT2D eigenvalue weighted by atomic mass is 10.2. The average molecular weight is 419 g/mol. The number of halogens is 3. The molecule has 1 N–H and O–H groups in total. The van der Waals surface area contributed by atoms with Gasteiger partial charge in [-0.2, -0.15) is 0 Å². The first kappa shape index (κ1) is 17.8. The van der Waals surface area contributed by atoms with Gasteiger partial charge >= 0.3 is 0 Å². The number of carbonyl (C=O) groups excluding carboxylic acids is 1. The maximum Gasteiger partial charge on any atom is 0.258 e. The highest BCUT2D eigenvalue weighted by Gasteiger charge is 2.15. The summed E-state index contributed by atoms with van der Waals surface area (Å²) in [7, 11) is 0. The summed E-state index contributed by atoms with van der Waals surface area (Å²) in [6, 6.07) is 13.4. The van der Waals surface area contributed by atoms with E-state index in [1.54, 1.807) is 48.5 Å². The minimum atomic E-state index is -0.367. The van der Waals surface area contributed by atoms with Crippen LogP contribution in [0.5, 0.6) is 0 Å². The zero-order valence-electron chi connectivity index (χ0n) is 13.5. The van der Waals surface area contributed by atoms with Crippen LogP contribution >= 0.6 is 34.8 Å². The molecule has 0 spiro atoms. The second kappa shape index (κ2) is 7.19. The van der Waals surface area contributed by atoms with Gasteiger partial charge in [0.15, 0.2) is 5.58 Å². The predicted molar refractivity (Wildman–Crippen MR) is 107 cm³/mol. The van der Waals surface area contributed by atoms with Crippen LogP contribution in [-0.2, 0) is 0 Å². The van der Waals surface area contributed by atoms with Gasteiger partial charge in [-0.05, 0) is 48.5 Å². The van der Waals surface area contributed by atoms with Crippen LogP contribution in [0.2, 0.25) is 15.2 Å². The Morgan fingerprint density at radius 3 is 2.70 bits per heavy atom. The van der Waals surface area contributed by atoms with Crippen LogP contribution in [0.1, 0.15) is 10.4 Å². The first-order chi connectivity index (χ1) is 13.0. The van der Waals surface area contributed by atoms with Crippen LogP contribution in [-0.4, -0.2) is 15.9 Å². The normalized spacial score (nSPS) is 10.9. The second-order valence-corrected chi connectivity index (χ2v) is 6.82. The monoisotopic (exact) mass is 417 g/mol. The van der Waals surface area contributed by atoms with Gasteiger partial charge in [-0.15, -0.1) is 0 Å². The van der Waals surface area contributed by atoms with Gasteiger partial charge in [0, 0.05) is 16.9 Å². The van der Waals surface area contributed by atoms with Crippen molar-refractivity contribution in [1.82, 2.24) is 9.97 Å². The summed E-state index contributed by atoms with van der Waals surface area (Å²) >= 11 is 18.2. The van der Waals surface area contributed by atoms with Crippen molar-refractivity contribution in [3.8, 4) is 11.5 Å². The average Bonchev–Trinajstić information content (AvgIpc) is 3.07. The summed E-state index contributed by atoms with van der Waals surface area (Å²) in [6.45, 7) is 0. The third-order valence-corrected chi connectivity index (χ3v) is 4.67. The number of benzene rings is 2. The van der Waals surface area contributed by atoms with Crippen molar-refractivity contribution in [1.29, 1.82) is 0 Å². The number of amides is 1. The number of aromatic nitrogens is 2.